The quantitative estimate of drug-likeness (QED) is 0.819. The van der Waals surface area contributed by atoms with Crippen LogP contribution in [0.3, 0.4) is 0 Å². The predicted molar refractivity (Wildman–Crippen MR) is 61.6 cm³/mol. The largest absolute Gasteiger partial charge is 0.494 e. The summed E-state index contributed by atoms with van der Waals surface area (Å²) in [5, 5.41) is 9.23. The summed E-state index contributed by atoms with van der Waals surface area (Å²) in [5.74, 6) is -1.50. The minimum absolute atomic E-state index is 0.0919. The molecule has 0 aliphatic rings. The lowest BCUT2D eigenvalue weighted by molar-refractivity contribution is -0.143. The first-order valence-electron chi connectivity index (χ1n) is 5.23. The predicted octanol–water partition coefficient (Wildman–Crippen LogP) is 1.53. The Labute approximate surface area is 99.2 Å². The molecule has 0 bridgehead atoms. The summed E-state index contributed by atoms with van der Waals surface area (Å²) in [5.41, 5.74) is 4.61. The molecule has 4 nitrogen and oxygen atoms in total. The second-order valence-electron chi connectivity index (χ2n) is 4.03. The van der Waals surface area contributed by atoms with Gasteiger partial charge in [0.05, 0.1) is 12.5 Å². The van der Waals surface area contributed by atoms with Gasteiger partial charge in [-0.2, -0.15) is 0 Å². The summed E-state index contributed by atoms with van der Waals surface area (Å²) in [6, 6.07) is 4.15. The van der Waals surface area contributed by atoms with Gasteiger partial charge in [0.1, 0.15) is 0 Å². The number of aliphatic carboxylic acids is 1. The van der Waals surface area contributed by atoms with Crippen molar-refractivity contribution in [1.29, 1.82) is 0 Å². The van der Waals surface area contributed by atoms with E-state index in [-0.39, 0.29) is 18.7 Å². The van der Waals surface area contributed by atoms with Crippen LogP contribution in [0.1, 0.15) is 18.9 Å². The maximum absolute atomic E-state index is 13.5. The van der Waals surface area contributed by atoms with E-state index in [0.29, 0.717) is 5.56 Å². The highest BCUT2D eigenvalue weighted by Gasteiger charge is 2.34. The van der Waals surface area contributed by atoms with Crippen molar-refractivity contribution < 1.29 is 19.0 Å². The zero-order valence-electron chi connectivity index (χ0n) is 9.87. The Balaban J connectivity index is 3.20. The highest BCUT2D eigenvalue weighted by Crippen LogP contribution is 2.30. The smallest absolute Gasteiger partial charge is 0.313 e. The van der Waals surface area contributed by atoms with Gasteiger partial charge in [-0.1, -0.05) is 6.07 Å². The standard InChI is InChI=1S/C12H16FNO3/c1-12(5-6-14,11(15)16)8-3-4-10(17-2)9(13)7-8/h3-4,7H,5-6,14H2,1-2H3,(H,15,16). The number of carboxylic acids is 1. The fourth-order valence-corrected chi connectivity index (χ4v) is 1.67. The van der Waals surface area contributed by atoms with Crippen LogP contribution < -0.4 is 10.5 Å². The molecule has 94 valence electrons. The lowest BCUT2D eigenvalue weighted by atomic mass is 9.79. The maximum Gasteiger partial charge on any atom is 0.313 e. The van der Waals surface area contributed by atoms with Gasteiger partial charge in [0.15, 0.2) is 11.6 Å². The molecule has 0 aliphatic carbocycles. The van der Waals surface area contributed by atoms with E-state index in [1.54, 1.807) is 6.07 Å². The summed E-state index contributed by atoms with van der Waals surface area (Å²) in [6.07, 6.45) is 0.244. The average Bonchev–Trinajstić information content (AvgIpc) is 2.28. The minimum Gasteiger partial charge on any atom is -0.494 e. The zero-order valence-corrected chi connectivity index (χ0v) is 9.87. The summed E-state index contributed by atoms with van der Waals surface area (Å²) >= 11 is 0. The topological polar surface area (TPSA) is 72.5 Å². The Kier molecular flexibility index (Phi) is 4.07. The first kappa shape index (κ1) is 13.4. The number of benzene rings is 1. The van der Waals surface area contributed by atoms with Gasteiger partial charge >= 0.3 is 5.97 Å². The van der Waals surface area contributed by atoms with Crippen molar-refractivity contribution in [2.24, 2.45) is 5.73 Å². The number of hydrogen-bond donors (Lipinski definition) is 2. The van der Waals surface area contributed by atoms with Crippen LogP contribution in [0.4, 0.5) is 4.39 Å². The third-order valence-corrected chi connectivity index (χ3v) is 2.91. The fourth-order valence-electron chi connectivity index (χ4n) is 1.67. The third-order valence-electron chi connectivity index (χ3n) is 2.91. The second-order valence-corrected chi connectivity index (χ2v) is 4.03. The van der Waals surface area contributed by atoms with Crippen molar-refractivity contribution in [1.82, 2.24) is 0 Å². The lowest BCUT2D eigenvalue weighted by Gasteiger charge is -2.25. The molecule has 17 heavy (non-hydrogen) atoms. The first-order valence-corrected chi connectivity index (χ1v) is 5.23. The van der Waals surface area contributed by atoms with Crippen molar-refractivity contribution in [2.45, 2.75) is 18.8 Å². The Morgan fingerprint density at radius 1 is 1.59 bits per heavy atom. The molecule has 0 radical (unpaired) electrons. The summed E-state index contributed by atoms with van der Waals surface area (Å²) in [7, 11) is 1.36. The molecule has 0 heterocycles. The van der Waals surface area contributed by atoms with Crippen molar-refractivity contribution in [3.05, 3.63) is 29.6 Å². The highest BCUT2D eigenvalue weighted by molar-refractivity contribution is 5.80. The molecule has 3 N–H and O–H groups in total. The van der Waals surface area contributed by atoms with E-state index in [2.05, 4.69) is 0 Å². The van der Waals surface area contributed by atoms with E-state index < -0.39 is 17.2 Å². The summed E-state index contributed by atoms with van der Waals surface area (Å²) in [6.45, 7) is 1.75. The molecular weight excluding hydrogens is 225 g/mol. The van der Waals surface area contributed by atoms with E-state index in [1.807, 2.05) is 0 Å². The molecular formula is C12H16FNO3. The van der Waals surface area contributed by atoms with E-state index in [1.165, 1.54) is 26.2 Å². The van der Waals surface area contributed by atoms with Crippen LogP contribution in [-0.2, 0) is 10.2 Å². The molecule has 0 spiro atoms. The third kappa shape index (κ3) is 2.55. The SMILES string of the molecule is COc1ccc(C(C)(CCN)C(=O)O)cc1F. The Hall–Kier alpha value is -1.62. The number of carbonyl (C=O) groups is 1. The van der Waals surface area contributed by atoms with Crippen molar-refractivity contribution in [3.63, 3.8) is 0 Å². The van der Waals surface area contributed by atoms with Gasteiger partial charge in [-0.3, -0.25) is 4.79 Å². The average molecular weight is 241 g/mol. The zero-order chi connectivity index (χ0) is 13.1. The van der Waals surface area contributed by atoms with Gasteiger partial charge in [0.2, 0.25) is 0 Å². The van der Waals surface area contributed by atoms with Gasteiger partial charge in [0, 0.05) is 0 Å². The van der Waals surface area contributed by atoms with Gasteiger partial charge in [-0.05, 0) is 37.6 Å². The molecule has 1 aromatic rings. The number of hydrogen-bond acceptors (Lipinski definition) is 3. The van der Waals surface area contributed by atoms with Crippen LogP contribution in [0, 0.1) is 5.82 Å². The molecule has 5 heteroatoms. The maximum atomic E-state index is 13.5. The molecule has 0 amide bonds. The van der Waals surface area contributed by atoms with Crippen LogP contribution in [0.15, 0.2) is 18.2 Å². The number of methoxy groups -OCH3 is 1. The van der Waals surface area contributed by atoms with Gasteiger partial charge in [-0.25, -0.2) is 4.39 Å². The Bertz CT molecular complexity index is 422. The Morgan fingerprint density at radius 3 is 2.65 bits per heavy atom. The van der Waals surface area contributed by atoms with Crippen LogP contribution in [-0.4, -0.2) is 24.7 Å². The molecule has 1 rings (SSSR count). The summed E-state index contributed by atoms with van der Waals surface area (Å²) < 4.78 is 18.3. The van der Waals surface area contributed by atoms with E-state index >= 15 is 0 Å². The molecule has 0 fully saturated rings. The molecule has 1 atom stereocenters. The monoisotopic (exact) mass is 241 g/mol. The number of ether oxygens (including phenoxy) is 1. The van der Waals surface area contributed by atoms with Gasteiger partial charge in [-0.15, -0.1) is 0 Å². The summed E-state index contributed by atoms with van der Waals surface area (Å²) in [4.78, 5) is 11.3. The minimum atomic E-state index is -1.18. The molecule has 0 aliphatic heterocycles. The number of nitrogens with two attached hydrogens (primary N) is 1. The molecule has 1 unspecified atom stereocenters. The van der Waals surface area contributed by atoms with E-state index in [9.17, 15) is 14.3 Å². The normalized spacial score (nSPS) is 14.1. The van der Waals surface area contributed by atoms with E-state index in [0.717, 1.165) is 0 Å². The van der Waals surface area contributed by atoms with Crippen molar-refractivity contribution in [3.8, 4) is 5.75 Å². The van der Waals surface area contributed by atoms with Crippen molar-refractivity contribution >= 4 is 5.97 Å². The number of rotatable bonds is 5. The Morgan fingerprint density at radius 2 is 2.24 bits per heavy atom. The van der Waals surface area contributed by atoms with Crippen LogP contribution in [0.5, 0.6) is 5.75 Å². The van der Waals surface area contributed by atoms with Crippen LogP contribution in [0.2, 0.25) is 0 Å². The van der Waals surface area contributed by atoms with Crippen LogP contribution in [0.25, 0.3) is 0 Å². The van der Waals surface area contributed by atoms with Crippen molar-refractivity contribution in [2.75, 3.05) is 13.7 Å². The number of carboxylic acid groups (broad SMARTS) is 1. The molecule has 0 aromatic heterocycles. The molecule has 1 aromatic carbocycles. The van der Waals surface area contributed by atoms with Crippen LogP contribution >= 0.6 is 0 Å². The lowest BCUT2D eigenvalue weighted by Crippen LogP contribution is -2.34. The fraction of sp³-hybridized carbons (Fsp3) is 0.417. The first-order chi connectivity index (χ1) is 7.95. The van der Waals surface area contributed by atoms with Gasteiger partial charge < -0.3 is 15.6 Å². The molecule has 0 saturated carbocycles. The highest BCUT2D eigenvalue weighted by atomic mass is 19.1. The second kappa shape index (κ2) is 5.14. The van der Waals surface area contributed by atoms with E-state index in [4.69, 9.17) is 10.5 Å². The molecule has 0 saturated heterocycles. The van der Waals surface area contributed by atoms with Gasteiger partial charge in [0.25, 0.3) is 0 Å². The number of halogens is 1.